The summed E-state index contributed by atoms with van der Waals surface area (Å²) in [5.74, 6) is 0. The Labute approximate surface area is 160 Å². The predicted molar refractivity (Wildman–Crippen MR) is 106 cm³/mol. The van der Waals surface area contributed by atoms with Crippen molar-refractivity contribution >= 4 is 28.9 Å². The van der Waals surface area contributed by atoms with Crippen LogP contribution in [0.2, 0.25) is 0 Å². The number of benzene rings is 3. The molecule has 3 aromatic rings. The number of hydrogen-bond donors (Lipinski definition) is 0. The third-order valence-electron chi connectivity index (χ3n) is 3.37. The summed E-state index contributed by atoms with van der Waals surface area (Å²) in [6.45, 7) is 0. The minimum atomic E-state index is 0.647. The molecular weight excluding hydrogens is 423 g/mol. The molecule has 0 aliphatic rings. The van der Waals surface area contributed by atoms with Crippen LogP contribution in [0.4, 0.5) is 0 Å². The van der Waals surface area contributed by atoms with E-state index < -0.39 is 0 Å². The summed E-state index contributed by atoms with van der Waals surface area (Å²) in [7, 11) is 0. The summed E-state index contributed by atoms with van der Waals surface area (Å²) in [5, 5.41) is 17.1. The SMILES string of the molecule is N#Cc1ccc(-c2ccc(C=O)cc2)cc1.N#Cc1ccc(I)cc1. The van der Waals surface area contributed by atoms with Crippen molar-refractivity contribution in [3.63, 3.8) is 0 Å². The van der Waals surface area contributed by atoms with E-state index in [4.69, 9.17) is 10.5 Å². The fraction of sp³-hybridized carbons (Fsp3) is 0. The number of aldehydes is 1. The highest BCUT2D eigenvalue weighted by Crippen LogP contribution is 2.19. The van der Waals surface area contributed by atoms with E-state index in [1.165, 1.54) is 0 Å². The molecule has 0 saturated heterocycles. The van der Waals surface area contributed by atoms with E-state index in [-0.39, 0.29) is 0 Å². The average Bonchev–Trinajstić information content (AvgIpc) is 2.69. The second-order valence-corrected chi connectivity index (χ2v) is 6.29. The van der Waals surface area contributed by atoms with Crippen LogP contribution in [0.15, 0.2) is 72.8 Å². The molecule has 120 valence electrons. The van der Waals surface area contributed by atoms with Crippen molar-refractivity contribution in [3.8, 4) is 23.3 Å². The van der Waals surface area contributed by atoms with Gasteiger partial charge in [-0.15, -0.1) is 0 Å². The van der Waals surface area contributed by atoms with Crippen LogP contribution >= 0.6 is 22.6 Å². The summed E-state index contributed by atoms with van der Waals surface area (Å²) in [4.78, 5) is 10.5. The van der Waals surface area contributed by atoms with Gasteiger partial charge in [0.25, 0.3) is 0 Å². The van der Waals surface area contributed by atoms with Gasteiger partial charge < -0.3 is 0 Å². The Hall–Kier alpha value is -2.96. The van der Waals surface area contributed by atoms with Crippen molar-refractivity contribution in [3.05, 3.63) is 93.1 Å². The van der Waals surface area contributed by atoms with Crippen LogP contribution in [0.1, 0.15) is 21.5 Å². The lowest BCUT2D eigenvalue weighted by Crippen LogP contribution is -1.81. The molecule has 25 heavy (non-hydrogen) atoms. The number of nitrogens with zero attached hydrogens (tertiary/aromatic N) is 2. The third kappa shape index (κ3) is 5.56. The van der Waals surface area contributed by atoms with Gasteiger partial charge in [0.15, 0.2) is 0 Å². The summed E-state index contributed by atoms with van der Waals surface area (Å²) in [6, 6.07) is 26.3. The van der Waals surface area contributed by atoms with Gasteiger partial charge in [-0.3, -0.25) is 4.79 Å². The van der Waals surface area contributed by atoms with Crippen molar-refractivity contribution in [1.82, 2.24) is 0 Å². The van der Waals surface area contributed by atoms with Crippen LogP contribution in [0, 0.1) is 26.2 Å². The first-order valence-corrected chi connectivity index (χ1v) is 8.45. The number of halogens is 1. The first-order valence-electron chi connectivity index (χ1n) is 7.37. The number of hydrogen-bond acceptors (Lipinski definition) is 3. The largest absolute Gasteiger partial charge is 0.298 e. The van der Waals surface area contributed by atoms with Gasteiger partial charge in [0, 0.05) is 9.13 Å². The molecule has 4 heteroatoms. The molecule has 3 rings (SSSR count). The van der Waals surface area contributed by atoms with Gasteiger partial charge in [0.1, 0.15) is 6.29 Å². The average molecular weight is 436 g/mol. The van der Waals surface area contributed by atoms with Crippen LogP contribution < -0.4 is 0 Å². The lowest BCUT2D eigenvalue weighted by molar-refractivity contribution is 0.112. The summed E-state index contributed by atoms with van der Waals surface area (Å²) in [6.07, 6.45) is 0.822. The van der Waals surface area contributed by atoms with Crippen molar-refractivity contribution in [2.75, 3.05) is 0 Å². The van der Waals surface area contributed by atoms with Gasteiger partial charge >= 0.3 is 0 Å². The number of rotatable bonds is 2. The van der Waals surface area contributed by atoms with Gasteiger partial charge in [-0.1, -0.05) is 36.4 Å². The van der Waals surface area contributed by atoms with Crippen LogP contribution in [0.3, 0.4) is 0 Å². The van der Waals surface area contributed by atoms with Crippen LogP contribution in [0.5, 0.6) is 0 Å². The van der Waals surface area contributed by atoms with E-state index in [9.17, 15) is 4.79 Å². The maximum atomic E-state index is 10.5. The lowest BCUT2D eigenvalue weighted by atomic mass is 10.0. The molecule has 0 amide bonds. The van der Waals surface area contributed by atoms with Crippen molar-refractivity contribution in [1.29, 1.82) is 10.5 Å². The van der Waals surface area contributed by atoms with Crippen LogP contribution in [-0.4, -0.2) is 6.29 Å². The molecule has 0 aliphatic heterocycles. The molecule has 0 unspecified atom stereocenters. The topological polar surface area (TPSA) is 64.7 Å². The molecule has 0 atom stereocenters. The predicted octanol–water partition coefficient (Wildman–Crippen LogP) is 5.20. The Balaban J connectivity index is 0.000000212. The first-order chi connectivity index (χ1) is 12.2. The Bertz CT molecular complexity index is 916. The minimum Gasteiger partial charge on any atom is -0.298 e. The van der Waals surface area contributed by atoms with E-state index in [2.05, 4.69) is 34.7 Å². The molecule has 3 aromatic carbocycles. The molecule has 0 spiro atoms. The molecular formula is C21H13IN2O. The van der Waals surface area contributed by atoms with E-state index in [0.29, 0.717) is 11.1 Å². The van der Waals surface area contributed by atoms with E-state index in [0.717, 1.165) is 26.5 Å². The Kier molecular flexibility index (Phi) is 6.88. The van der Waals surface area contributed by atoms with Gasteiger partial charge in [-0.25, -0.2) is 0 Å². The number of carbonyl (C=O) groups is 1. The van der Waals surface area contributed by atoms with Gasteiger partial charge in [-0.2, -0.15) is 10.5 Å². The quantitative estimate of drug-likeness (QED) is 0.410. The maximum absolute atomic E-state index is 10.5. The summed E-state index contributed by atoms with van der Waals surface area (Å²) >= 11 is 2.20. The number of carbonyl (C=O) groups excluding carboxylic acids is 1. The minimum absolute atomic E-state index is 0.647. The van der Waals surface area contributed by atoms with Gasteiger partial charge in [0.05, 0.1) is 23.3 Å². The van der Waals surface area contributed by atoms with Crippen molar-refractivity contribution < 1.29 is 4.79 Å². The monoisotopic (exact) mass is 436 g/mol. The van der Waals surface area contributed by atoms with E-state index in [1.807, 2.05) is 48.5 Å². The van der Waals surface area contributed by atoms with E-state index in [1.54, 1.807) is 24.3 Å². The molecule has 0 aliphatic carbocycles. The Morgan fingerprint density at radius 2 is 1.08 bits per heavy atom. The normalized spacial score (nSPS) is 9.08. The molecule has 0 fully saturated rings. The molecule has 0 N–H and O–H groups in total. The highest BCUT2D eigenvalue weighted by atomic mass is 127. The Morgan fingerprint density at radius 1 is 0.680 bits per heavy atom. The summed E-state index contributed by atoms with van der Waals surface area (Å²) in [5.41, 5.74) is 4.10. The highest BCUT2D eigenvalue weighted by molar-refractivity contribution is 14.1. The molecule has 3 nitrogen and oxygen atoms in total. The smallest absolute Gasteiger partial charge is 0.150 e. The van der Waals surface area contributed by atoms with Gasteiger partial charge in [-0.05, 0) is 70.1 Å². The molecule has 0 saturated carbocycles. The fourth-order valence-corrected chi connectivity index (χ4v) is 2.38. The Morgan fingerprint density at radius 3 is 1.48 bits per heavy atom. The summed E-state index contributed by atoms with van der Waals surface area (Å²) < 4.78 is 1.16. The van der Waals surface area contributed by atoms with Crippen LogP contribution in [0.25, 0.3) is 11.1 Å². The molecule has 0 aromatic heterocycles. The van der Waals surface area contributed by atoms with Crippen LogP contribution in [-0.2, 0) is 0 Å². The zero-order valence-electron chi connectivity index (χ0n) is 13.2. The second-order valence-electron chi connectivity index (χ2n) is 5.05. The van der Waals surface area contributed by atoms with Crippen molar-refractivity contribution in [2.24, 2.45) is 0 Å². The number of nitriles is 2. The zero-order valence-corrected chi connectivity index (χ0v) is 15.3. The fourth-order valence-electron chi connectivity index (χ4n) is 2.02. The molecule has 0 radical (unpaired) electrons. The van der Waals surface area contributed by atoms with E-state index >= 15 is 0 Å². The lowest BCUT2D eigenvalue weighted by Gasteiger charge is -2.01. The maximum Gasteiger partial charge on any atom is 0.150 e. The standard InChI is InChI=1S/C14H9NO.C7H4IN/c15-9-11-1-5-13(6-2-11)14-7-3-12(10-16)4-8-14;8-7-3-1-6(5-9)2-4-7/h1-8,10H;1-4H. The highest BCUT2D eigenvalue weighted by Gasteiger charge is 1.98. The second kappa shape index (κ2) is 9.36. The molecule has 0 heterocycles. The first kappa shape index (κ1) is 18.4. The van der Waals surface area contributed by atoms with Gasteiger partial charge in [0.2, 0.25) is 0 Å². The zero-order chi connectivity index (χ0) is 18.1. The molecule has 0 bridgehead atoms. The van der Waals surface area contributed by atoms with Crippen molar-refractivity contribution in [2.45, 2.75) is 0 Å². The third-order valence-corrected chi connectivity index (χ3v) is 4.09.